The third-order valence-electron chi connectivity index (χ3n) is 4.95. The molecule has 3 heterocycles. The monoisotopic (exact) mass is 351 g/mol. The van der Waals surface area contributed by atoms with Gasteiger partial charge >= 0.3 is 0 Å². The van der Waals surface area contributed by atoms with Crippen LogP contribution >= 0.6 is 0 Å². The van der Waals surface area contributed by atoms with Gasteiger partial charge in [0.15, 0.2) is 5.82 Å². The third kappa shape index (κ3) is 3.67. The zero-order valence-electron chi connectivity index (χ0n) is 15.2. The molecule has 0 spiro atoms. The van der Waals surface area contributed by atoms with Crippen LogP contribution in [0.2, 0.25) is 0 Å². The third-order valence-corrected chi connectivity index (χ3v) is 4.95. The molecule has 0 amide bonds. The van der Waals surface area contributed by atoms with Gasteiger partial charge in [-0.2, -0.15) is 10.2 Å². The summed E-state index contributed by atoms with van der Waals surface area (Å²) in [6, 6.07) is 11.0. The second kappa shape index (κ2) is 7.78. The standard InChI is InChI=1S/C19H25N7/c1-2-26-19(22-18(23-26)13-25-15-20-14-21-25)17-10-6-7-11-24(17)12-16-8-4-3-5-9-16/h3-5,8-9,14-15,17H,2,6-7,10-13H2,1H3. The van der Waals surface area contributed by atoms with Crippen molar-refractivity contribution in [3.63, 3.8) is 0 Å². The van der Waals surface area contributed by atoms with Gasteiger partial charge in [-0.25, -0.2) is 19.3 Å². The van der Waals surface area contributed by atoms with Crippen LogP contribution in [0.5, 0.6) is 0 Å². The first kappa shape index (κ1) is 16.9. The van der Waals surface area contributed by atoms with Crippen molar-refractivity contribution in [2.24, 2.45) is 0 Å². The van der Waals surface area contributed by atoms with Crippen molar-refractivity contribution in [1.82, 2.24) is 34.4 Å². The molecule has 0 radical (unpaired) electrons. The minimum atomic E-state index is 0.320. The lowest BCUT2D eigenvalue weighted by Gasteiger charge is -2.35. The number of aryl methyl sites for hydroxylation is 1. The van der Waals surface area contributed by atoms with Crippen LogP contribution in [0.25, 0.3) is 0 Å². The molecule has 7 nitrogen and oxygen atoms in total. The molecular weight excluding hydrogens is 326 g/mol. The molecule has 4 rings (SSSR count). The summed E-state index contributed by atoms with van der Waals surface area (Å²) in [4.78, 5) is 11.4. The zero-order valence-corrected chi connectivity index (χ0v) is 15.2. The minimum absolute atomic E-state index is 0.320. The van der Waals surface area contributed by atoms with Gasteiger partial charge in [0.1, 0.15) is 25.0 Å². The SMILES string of the molecule is CCn1nc(Cn2cncn2)nc1C1CCCCN1Cc1ccccc1. The van der Waals surface area contributed by atoms with Gasteiger partial charge in [-0.3, -0.25) is 4.90 Å². The Kier molecular flexibility index (Phi) is 5.06. The molecule has 1 atom stereocenters. The summed E-state index contributed by atoms with van der Waals surface area (Å²) in [5.41, 5.74) is 1.35. The summed E-state index contributed by atoms with van der Waals surface area (Å²) >= 11 is 0. The van der Waals surface area contributed by atoms with Crippen LogP contribution in [-0.2, 0) is 19.6 Å². The molecule has 7 heteroatoms. The van der Waals surface area contributed by atoms with Crippen LogP contribution in [0.4, 0.5) is 0 Å². The highest BCUT2D eigenvalue weighted by Crippen LogP contribution is 2.31. The van der Waals surface area contributed by atoms with E-state index in [1.54, 1.807) is 17.3 Å². The average molecular weight is 351 g/mol. The second-order valence-electron chi connectivity index (χ2n) is 6.76. The van der Waals surface area contributed by atoms with E-state index in [2.05, 4.69) is 56.9 Å². The molecule has 26 heavy (non-hydrogen) atoms. The Balaban J connectivity index is 1.58. The van der Waals surface area contributed by atoms with Crippen LogP contribution < -0.4 is 0 Å². The molecule has 3 aromatic rings. The van der Waals surface area contributed by atoms with Crippen molar-refractivity contribution in [3.8, 4) is 0 Å². The molecule has 1 saturated heterocycles. The van der Waals surface area contributed by atoms with Gasteiger partial charge in [0.25, 0.3) is 0 Å². The quantitative estimate of drug-likeness (QED) is 0.683. The predicted octanol–water partition coefficient (Wildman–Crippen LogP) is 2.67. The highest BCUT2D eigenvalue weighted by atomic mass is 15.4. The van der Waals surface area contributed by atoms with Crippen LogP contribution in [0.15, 0.2) is 43.0 Å². The highest BCUT2D eigenvalue weighted by molar-refractivity contribution is 5.15. The lowest BCUT2D eigenvalue weighted by Crippen LogP contribution is -2.34. The fraction of sp³-hybridized carbons (Fsp3) is 0.474. The van der Waals surface area contributed by atoms with Crippen LogP contribution in [0, 0.1) is 0 Å². The Labute approximate surface area is 153 Å². The van der Waals surface area contributed by atoms with Crippen molar-refractivity contribution < 1.29 is 0 Å². The Morgan fingerprint density at radius 1 is 1.12 bits per heavy atom. The Bertz CT molecular complexity index is 810. The van der Waals surface area contributed by atoms with E-state index >= 15 is 0 Å². The first-order chi connectivity index (χ1) is 12.8. The number of piperidine rings is 1. The number of likely N-dealkylation sites (tertiary alicyclic amines) is 1. The van der Waals surface area contributed by atoms with Gasteiger partial charge in [-0.15, -0.1) is 0 Å². The average Bonchev–Trinajstić information content (AvgIpc) is 3.33. The van der Waals surface area contributed by atoms with Crippen LogP contribution in [-0.4, -0.2) is 41.0 Å². The van der Waals surface area contributed by atoms with Crippen molar-refractivity contribution >= 4 is 0 Å². The summed E-state index contributed by atoms with van der Waals surface area (Å²) < 4.78 is 3.82. The largest absolute Gasteiger partial charge is 0.289 e. The molecule has 1 aromatic carbocycles. The lowest BCUT2D eigenvalue weighted by atomic mass is 10.0. The molecule has 1 unspecified atom stereocenters. The van der Waals surface area contributed by atoms with E-state index in [-0.39, 0.29) is 0 Å². The number of hydrogen-bond donors (Lipinski definition) is 0. The van der Waals surface area contributed by atoms with E-state index in [9.17, 15) is 0 Å². The molecule has 0 saturated carbocycles. The maximum atomic E-state index is 4.89. The van der Waals surface area contributed by atoms with Gasteiger partial charge in [0, 0.05) is 13.1 Å². The molecule has 0 N–H and O–H groups in total. The predicted molar refractivity (Wildman–Crippen MR) is 98.3 cm³/mol. The summed E-state index contributed by atoms with van der Waals surface area (Å²) in [5.74, 6) is 1.89. The van der Waals surface area contributed by atoms with Crippen LogP contribution in [0.1, 0.15) is 49.4 Å². The molecular formula is C19H25N7. The fourth-order valence-electron chi connectivity index (χ4n) is 3.70. The van der Waals surface area contributed by atoms with Gasteiger partial charge in [-0.1, -0.05) is 36.8 Å². The van der Waals surface area contributed by atoms with Crippen molar-refractivity contribution in [3.05, 3.63) is 60.2 Å². The minimum Gasteiger partial charge on any atom is -0.289 e. The summed E-state index contributed by atoms with van der Waals surface area (Å²) in [6.45, 7) is 5.58. The number of rotatable bonds is 6. The van der Waals surface area contributed by atoms with Gasteiger partial charge in [0.05, 0.1) is 6.04 Å². The van der Waals surface area contributed by atoms with E-state index in [0.29, 0.717) is 12.6 Å². The number of hydrogen-bond acceptors (Lipinski definition) is 5. The van der Waals surface area contributed by atoms with Crippen molar-refractivity contribution in [2.45, 2.75) is 51.9 Å². The van der Waals surface area contributed by atoms with Crippen molar-refractivity contribution in [2.75, 3.05) is 6.54 Å². The first-order valence-electron chi connectivity index (χ1n) is 9.37. The molecule has 1 fully saturated rings. The molecule has 136 valence electrons. The maximum absolute atomic E-state index is 4.89. The Hall–Kier alpha value is -2.54. The molecule has 2 aromatic heterocycles. The summed E-state index contributed by atoms with van der Waals surface area (Å²) in [6.07, 6.45) is 6.86. The zero-order chi connectivity index (χ0) is 17.8. The normalized spacial score (nSPS) is 18.3. The lowest BCUT2D eigenvalue weighted by molar-refractivity contribution is 0.130. The molecule has 0 bridgehead atoms. The smallest absolute Gasteiger partial charge is 0.172 e. The van der Waals surface area contributed by atoms with Gasteiger partial charge < -0.3 is 0 Å². The fourth-order valence-corrected chi connectivity index (χ4v) is 3.70. The van der Waals surface area contributed by atoms with Gasteiger partial charge in [-0.05, 0) is 31.9 Å². The highest BCUT2D eigenvalue weighted by Gasteiger charge is 2.28. The number of aromatic nitrogens is 6. The van der Waals surface area contributed by atoms with E-state index in [0.717, 1.165) is 37.7 Å². The van der Waals surface area contributed by atoms with E-state index in [4.69, 9.17) is 10.1 Å². The summed E-state index contributed by atoms with van der Waals surface area (Å²) in [5, 5.41) is 8.88. The maximum Gasteiger partial charge on any atom is 0.172 e. The van der Waals surface area contributed by atoms with E-state index < -0.39 is 0 Å². The van der Waals surface area contributed by atoms with Crippen molar-refractivity contribution in [1.29, 1.82) is 0 Å². The summed E-state index contributed by atoms with van der Waals surface area (Å²) in [7, 11) is 0. The first-order valence-corrected chi connectivity index (χ1v) is 9.37. The number of nitrogens with zero attached hydrogens (tertiary/aromatic N) is 7. The molecule has 1 aliphatic rings. The Morgan fingerprint density at radius 3 is 2.77 bits per heavy atom. The van der Waals surface area contributed by atoms with E-state index in [1.165, 1.54) is 18.4 Å². The molecule has 0 aliphatic carbocycles. The topological polar surface area (TPSA) is 64.7 Å². The molecule has 1 aliphatic heterocycles. The van der Waals surface area contributed by atoms with Crippen LogP contribution in [0.3, 0.4) is 0 Å². The van der Waals surface area contributed by atoms with E-state index in [1.807, 2.05) is 0 Å². The van der Waals surface area contributed by atoms with Gasteiger partial charge in [0.2, 0.25) is 0 Å². The second-order valence-corrected chi connectivity index (χ2v) is 6.76. The Morgan fingerprint density at radius 2 is 2.00 bits per heavy atom. The number of benzene rings is 1.